The second kappa shape index (κ2) is 33.3. The van der Waals surface area contributed by atoms with Crippen LogP contribution in [0.25, 0.3) is 0 Å². The zero-order chi connectivity index (χ0) is 56.3. The van der Waals surface area contributed by atoms with Crippen molar-refractivity contribution in [3.8, 4) is 6.07 Å². The van der Waals surface area contributed by atoms with E-state index in [0.717, 1.165) is 23.0 Å². The Balaban J connectivity index is 0.000000311. The van der Waals surface area contributed by atoms with Gasteiger partial charge in [-0.1, -0.05) is 57.2 Å². The van der Waals surface area contributed by atoms with Crippen molar-refractivity contribution >= 4 is 10.1 Å². The first-order chi connectivity index (χ1) is 36.0. The third-order valence-corrected chi connectivity index (χ3v) is 18.3. The Morgan fingerprint density at radius 1 is 0.584 bits per heavy atom. The molecular formula is C60H113N5O11S+2. The molecule has 4 N–H and O–H groups in total. The zero-order valence-corrected chi connectivity index (χ0v) is 51.4. The van der Waals surface area contributed by atoms with E-state index in [1.165, 1.54) is 171 Å². The van der Waals surface area contributed by atoms with Gasteiger partial charge < -0.3 is 60.2 Å². The molecule has 6 saturated heterocycles. The summed E-state index contributed by atoms with van der Waals surface area (Å²) in [7, 11) is -3.94. The fourth-order valence-corrected chi connectivity index (χ4v) is 13.6. The van der Waals surface area contributed by atoms with Crippen LogP contribution in [0.1, 0.15) is 146 Å². The number of rotatable bonds is 24. The van der Waals surface area contributed by atoms with E-state index >= 15 is 0 Å². The highest BCUT2D eigenvalue weighted by atomic mass is 32.2. The van der Waals surface area contributed by atoms with Crippen LogP contribution in [-0.2, 0) is 33.2 Å². The molecule has 77 heavy (non-hydrogen) atoms. The summed E-state index contributed by atoms with van der Waals surface area (Å²) < 4.78 is 58.0. The average Bonchev–Trinajstić information content (AvgIpc) is 3.38. The number of hydrogen-bond acceptors (Lipinski definition) is 13. The Bertz CT molecular complexity index is 1890. The molecule has 10 atom stereocenters. The fourth-order valence-electron chi connectivity index (χ4n) is 12.7. The van der Waals surface area contributed by atoms with Crippen molar-refractivity contribution in [2.24, 2.45) is 11.8 Å². The molecule has 0 aromatic heterocycles. The van der Waals surface area contributed by atoms with E-state index in [0.29, 0.717) is 6.42 Å². The molecule has 0 spiro atoms. The number of nitrogens with zero attached hydrogens (tertiary/aromatic N) is 5. The number of unbranched alkanes of at least 4 members (excludes halogenated alkanes) is 6. The second-order valence-electron chi connectivity index (χ2n) is 24.6. The number of quaternary nitrogens is 3. The van der Waals surface area contributed by atoms with Crippen molar-refractivity contribution in [3.05, 3.63) is 37.3 Å². The average molecular weight is 1110 g/mol. The molecule has 16 nitrogen and oxygen atoms in total. The smallest absolute Gasteiger partial charge is 0.296 e. The molecule has 9 rings (SSSR count). The van der Waals surface area contributed by atoms with Crippen LogP contribution in [0, 0.1) is 37.5 Å². The summed E-state index contributed by atoms with van der Waals surface area (Å²) in [5, 5.41) is 49.9. The predicted octanol–water partition coefficient (Wildman–Crippen LogP) is 7.28. The molecule has 10 unspecified atom stereocenters. The van der Waals surface area contributed by atoms with Gasteiger partial charge in [-0.15, -0.1) is 0 Å². The Hall–Kier alpha value is -1.86. The van der Waals surface area contributed by atoms with E-state index in [2.05, 4.69) is 18.7 Å². The maximum absolute atomic E-state index is 12.5. The van der Waals surface area contributed by atoms with E-state index in [1.54, 1.807) is 18.2 Å². The summed E-state index contributed by atoms with van der Waals surface area (Å²) in [6, 6.07) is 8.15. The SMILES string of the molecule is CC#N.CCCCCC[N+]12CCN(CC1)CC2.CCCCCC[N+]12CC[N+](CC3CC(OC(C)C)C(O)C(O)C3OC(C)C)(CC1)CC2.Cc1ccc(S(=O)(=O)OCC2CC(OC(C)C)C(O)C(O)C2OC(C)C)cc1.[CH3-]. The largest absolute Gasteiger partial charge is 0.388 e. The van der Waals surface area contributed by atoms with E-state index in [1.807, 2.05) is 62.3 Å². The molecule has 6 heterocycles. The van der Waals surface area contributed by atoms with Crippen LogP contribution in [0.5, 0.6) is 0 Å². The van der Waals surface area contributed by atoms with Gasteiger partial charge in [0.05, 0.1) is 106 Å². The molecule has 2 aliphatic carbocycles. The lowest BCUT2D eigenvalue weighted by Crippen LogP contribution is -2.76. The Morgan fingerprint density at radius 3 is 1.36 bits per heavy atom. The van der Waals surface area contributed by atoms with E-state index in [-0.39, 0.29) is 61.5 Å². The first-order valence-electron chi connectivity index (χ1n) is 29.8. The number of fused-ring (bicyclic) bond motifs is 6. The quantitative estimate of drug-likeness (QED) is 0.0351. The number of ether oxygens (including phenoxy) is 4. The van der Waals surface area contributed by atoms with Crippen molar-refractivity contribution < 1.29 is 65.4 Å². The number of aryl methyl sites for hydroxylation is 1. The van der Waals surface area contributed by atoms with Crippen molar-refractivity contribution in [1.29, 1.82) is 5.26 Å². The minimum Gasteiger partial charge on any atom is -0.388 e. The summed E-state index contributed by atoms with van der Waals surface area (Å²) in [5.41, 5.74) is 0.947. The zero-order valence-electron chi connectivity index (χ0n) is 50.6. The van der Waals surface area contributed by atoms with Gasteiger partial charge in [-0.2, -0.15) is 13.7 Å². The topological polar surface area (TPSA) is 188 Å². The second-order valence-corrected chi connectivity index (χ2v) is 26.2. The van der Waals surface area contributed by atoms with E-state index in [4.69, 9.17) is 28.4 Å². The Morgan fingerprint density at radius 2 is 0.961 bits per heavy atom. The maximum atomic E-state index is 12.5. The minimum atomic E-state index is -3.94. The lowest BCUT2D eigenvalue weighted by atomic mass is 9.79. The van der Waals surface area contributed by atoms with Crippen molar-refractivity contribution in [2.75, 3.05) is 105 Å². The Labute approximate surface area is 469 Å². The van der Waals surface area contributed by atoms with Gasteiger partial charge in [-0.05, 0) is 113 Å². The first-order valence-corrected chi connectivity index (χ1v) is 31.3. The molecule has 0 amide bonds. The number of aliphatic hydroxyl groups is 4. The molecule has 8 aliphatic rings. The van der Waals surface area contributed by atoms with Gasteiger partial charge >= 0.3 is 0 Å². The van der Waals surface area contributed by atoms with Crippen LogP contribution in [0.15, 0.2) is 29.2 Å². The standard InChI is InChI=1S/C25H50N2O4.C20H32O7S.C12H25N2.C2H3N.CH3/c1-6-7-8-9-10-26-11-14-27(15-12-26,16-13-26)18-21-17-22(30-19(2)3)23(28)24(29)25(21)31-20(4)5;1-12(2)26-17-10-15(20(27-13(3)4)19(22)18(17)21)11-25-28(23,24)16-8-6-14(5)7-9-16;1-2-3-4-5-9-14-10-6-13(7-11-14)8-12-14;1-2-3;/h19-25,28-29H,6-18H2,1-5H3;6-9,12-13,15,17-22H,10-11H2,1-5H3;2-12H2,1H3;1H3;1H3/q+2;;+1;;-1. The van der Waals surface area contributed by atoms with Crippen LogP contribution in [0.4, 0.5) is 0 Å². The fraction of sp³-hybridized carbons (Fsp3) is 0.867. The summed E-state index contributed by atoms with van der Waals surface area (Å²) in [6.07, 6.45) is 5.89. The van der Waals surface area contributed by atoms with Crippen molar-refractivity contribution in [1.82, 2.24) is 4.90 Å². The molecule has 1 aromatic carbocycles. The van der Waals surface area contributed by atoms with Crippen molar-refractivity contribution in [2.45, 2.75) is 225 Å². The van der Waals surface area contributed by atoms with Crippen LogP contribution in [0.2, 0.25) is 0 Å². The Kier molecular flexibility index (Phi) is 30.0. The molecule has 0 radical (unpaired) electrons. The highest BCUT2D eigenvalue weighted by Crippen LogP contribution is 2.37. The van der Waals surface area contributed by atoms with Crippen LogP contribution in [0.3, 0.4) is 0 Å². The third kappa shape index (κ3) is 21.4. The minimum absolute atomic E-state index is 0. The monoisotopic (exact) mass is 1110 g/mol. The van der Waals surface area contributed by atoms with Crippen molar-refractivity contribution in [3.63, 3.8) is 0 Å². The summed E-state index contributed by atoms with van der Waals surface area (Å²) in [4.78, 5) is 2.71. The van der Waals surface area contributed by atoms with Gasteiger partial charge in [-0.25, -0.2) is 0 Å². The summed E-state index contributed by atoms with van der Waals surface area (Å²) in [5.74, 6) is -0.239. The molecule has 4 bridgehead atoms. The van der Waals surface area contributed by atoms with Gasteiger partial charge in [-0.3, -0.25) is 9.08 Å². The van der Waals surface area contributed by atoms with Gasteiger partial charge in [0.15, 0.2) is 0 Å². The van der Waals surface area contributed by atoms with E-state index in [9.17, 15) is 28.8 Å². The lowest BCUT2D eigenvalue weighted by Gasteiger charge is -2.57. The van der Waals surface area contributed by atoms with Crippen LogP contribution in [-0.4, -0.2) is 225 Å². The highest BCUT2D eigenvalue weighted by molar-refractivity contribution is 7.86. The molecule has 6 aliphatic heterocycles. The number of aliphatic hydroxyl groups excluding tert-OH is 4. The molecule has 8 fully saturated rings. The van der Waals surface area contributed by atoms with Gasteiger partial charge in [0, 0.05) is 38.4 Å². The summed E-state index contributed by atoms with van der Waals surface area (Å²) in [6.45, 7) is 43.0. The van der Waals surface area contributed by atoms with Gasteiger partial charge in [0.2, 0.25) is 0 Å². The number of piperazine rings is 6. The highest BCUT2D eigenvalue weighted by Gasteiger charge is 2.54. The normalized spacial score (nSPS) is 33.6. The van der Waals surface area contributed by atoms with Crippen LogP contribution >= 0.6 is 0 Å². The molecule has 1 aromatic rings. The van der Waals surface area contributed by atoms with Crippen LogP contribution < -0.4 is 0 Å². The first kappa shape index (κ1) is 69.4. The number of hydrogen-bond donors (Lipinski definition) is 4. The maximum Gasteiger partial charge on any atom is 0.296 e. The third-order valence-electron chi connectivity index (χ3n) is 17.0. The summed E-state index contributed by atoms with van der Waals surface area (Å²) >= 11 is 0. The van der Waals surface area contributed by atoms with Gasteiger partial charge in [0.1, 0.15) is 63.7 Å². The molecule has 448 valence electrons. The van der Waals surface area contributed by atoms with Gasteiger partial charge in [0.25, 0.3) is 10.1 Å². The number of nitriles is 1. The predicted molar refractivity (Wildman–Crippen MR) is 306 cm³/mol. The molecule has 2 saturated carbocycles. The molecular weight excluding hydrogens is 999 g/mol. The lowest BCUT2D eigenvalue weighted by molar-refractivity contribution is -1.08. The molecule has 17 heteroatoms. The number of benzene rings is 1. The van der Waals surface area contributed by atoms with E-state index < -0.39 is 52.7 Å².